The summed E-state index contributed by atoms with van der Waals surface area (Å²) in [6, 6.07) is 0. The molecule has 0 bridgehead atoms. The minimum Gasteiger partial charge on any atom is -0.370 e. The van der Waals surface area contributed by atoms with Crippen molar-refractivity contribution in [1.82, 2.24) is 10.6 Å². The maximum Gasteiger partial charge on any atom is 0.144 e. The zero-order valence-electron chi connectivity index (χ0n) is 15.5. The molecular weight excluding hydrogens is 372 g/mol. The van der Waals surface area contributed by atoms with Crippen LogP contribution in [-0.2, 0) is 0 Å². The second-order valence-corrected chi connectivity index (χ2v) is 9.61. The first-order chi connectivity index (χ1) is 11.7. The largest absolute Gasteiger partial charge is 0.370 e. The Kier molecular flexibility index (Phi) is 20.2. The molecule has 0 aromatic carbocycles. The van der Waals surface area contributed by atoms with Crippen molar-refractivity contribution >= 4 is 54.7 Å². The van der Waals surface area contributed by atoms with Crippen molar-refractivity contribution in [1.29, 1.82) is 0 Å². The Hall–Kier alpha value is 0.480. The highest BCUT2D eigenvalue weighted by Gasteiger charge is 2.02. The Labute approximate surface area is 168 Å². The lowest BCUT2D eigenvalue weighted by molar-refractivity contribution is 0.603. The van der Waals surface area contributed by atoms with Gasteiger partial charge in [0.15, 0.2) is 0 Å². The van der Waals surface area contributed by atoms with Crippen LogP contribution in [0.15, 0.2) is 0 Å². The van der Waals surface area contributed by atoms with Gasteiger partial charge in [-0.05, 0) is 34.4 Å². The summed E-state index contributed by atoms with van der Waals surface area (Å²) in [5.41, 5.74) is 0. The number of hydrogen-bond donors (Lipinski definition) is 2. The van der Waals surface area contributed by atoms with Crippen molar-refractivity contribution in [3.8, 4) is 0 Å². The van der Waals surface area contributed by atoms with Crippen LogP contribution >= 0.6 is 46.0 Å². The topological polar surface area (TPSA) is 24.1 Å². The third-order valence-corrected chi connectivity index (χ3v) is 7.14. The SMILES string of the molecule is CCCCCCCCNC(=S)SSC(=S)NCCCCCCCC. The fourth-order valence-corrected chi connectivity index (χ4v) is 4.42. The van der Waals surface area contributed by atoms with E-state index in [9.17, 15) is 0 Å². The van der Waals surface area contributed by atoms with Gasteiger partial charge in [-0.1, -0.05) is 102 Å². The summed E-state index contributed by atoms with van der Waals surface area (Å²) in [5.74, 6) is 0. The fourth-order valence-electron chi connectivity index (χ4n) is 2.33. The van der Waals surface area contributed by atoms with E-state index in [-0.39, 0.29) is 0 Å². The Morgan fingerprint density at radius 2 is 0.917 bits per heavy atom. The molecule has 0 aliphatic heterocycles. The molecule has 6 heteroatoms. The molecule has 0 spiro atoms. The molecule has 0 aliphatic rings. The van der Waals surface area contributed by atoms with E-state index in [1.807, 2.05) is 0 Å². The molecule has 0 saturated carbocycles. The third-order valence-electron chi connectivity index (χ3n) is 3.79. The average Bonchev–Trinajstić information content (AvgIpc) is 2.58. The van der Waals surface area contributed by atoms with Gasteiger partial charge in [0.2, 0.25) is 0 Å². The van der Waals surface area contributed by atoms with Gasteiger partial charge in [-0.25, -0.2) is 0 Å². The molecule has 0 amide bonds. The van der Waals surface area contributed by atoms with E-state index in [2.05, 4.69) is 24.5 Å². The molecule has 142 valence electrons. The molecule has 2 N–H and O–H groups in total. The van der Waals surface area contributed by atoms with E-state index in [0.29, 0.717) is 0 Å². The third kappa shape index (κ3) is 18.8. The number of hydrogen-bond acceptors (Lipinski definition) is 4. The zero-order valence-corrected chi connectivity index (χ0v) is 18.8. The molecule has 0 radical (unpaired) electrons. The average molecular weight is 409 g/mol. The quantitative estimate of drug-likeness (QED) is 0.185. The van der Waals surface area contributed by atoms with Gasteiger partial charge in [0.1, 0.15) is 8.64 Å². The smallest absolute Gasteiger partial charge is 0.144 e. The normalized spacial score (nSPS) is 10.6. The molecule has 0 saturated heterocycles. The Morgan fingerprint density at radius 1 is 0.583 bits per heavy atom. The van der Waals surface area contributed by atoms with Crippen LogP contribution in [0, 0.1) is 0 Å². The molecule has 24 heavy (non-hydrogen) atoms. The predicted octanol–water partition coefficient (Wildman–Crippen LogP) is 6.84. The van der Waals surface area contributed by atoms with Crippen molar-refractivity contribution in [2.24, 2.45) is 0 Å². The first-order valence-corrected chi connectivity index (χ1v) is 12.6. The van der Waals surface area contributed by atoms with Gasteiger partial charge in [0, 0.05) is 13.1 Å². The highest BCUT2D eigenvalue weighted by atomic mass is 33.1. The predicted molar refractivity (Wildman–Crippen MR) is 123 cm³/mol. The number of rotatable bonds is 14. The van der Waals surface area contributed by atoms with Crippen LogP contribution in [0.1, 0.15) is 90.9 Å². The first-order valence-electron chi connectivity index (χ1n) is 9.60. The summed E-state index contributed by atoms with van der Waals surface area (Å²) in [5, 5.41) is 6.62. The summed E-state index contributed by atoms with van der Waals surface area (Å²) in [6.45, 7) is 6.47. The summed E-state index contributed by atoms with van der Waals surface area (Å²) < 4.78 is 1.69. The lowest BCUT2D eigenvalue weighted by Crippen LogP contribution is -2.21. The minimum absolute atomic E-state index is 0.845. The van der Waals surface area contributed by atoms with Crippen LogP contribution in [0.3, 0.4) is 0 Å². The first kappa shape index (κ1) is 24.5. The van der Waals surface area contributed by atoms with Gasteiger partial charge in [-0.2, -0.15) is 0 Å². The van der Waals surface area contributed by atoms with Crippen LogP contribution in [0.2, 0.25) is 0 Å². The van der Waals surface area contributed by atoms with Gasteiger partial charge in [-0.3, -0.25) is 0 Å². The van der Waals surface area contributed by atoms with Crippen LogP contribution in [0.4, 0.5) is 0 Å². The molecular formula is C18H36N2S4. The van der Waals surface area contributed by atoms with Gasteiger partial charge >= 0.3 is 0 Å². The van der Waals surface area contributed by atoms with Gasteiger partial charge in [-0.15, -0.1) is 0 Å². The van der Waals surface area contributed by atoms with E-state index in [1.54, 1.807) is 21.6 Å². The van der Waals surface area contributed by atoms with Crippen molar-refractivity contribution in [3.05, 3.63) is 0 Å². The number of thiocarbonyl (C=S) groups is 2. The van der Waals surface area contributed by atoms with Gasteiger partial charge < -0.3 is 10.6 Å². The van der Waals surface area contributed by atoms with E-state index in [4.69, 9.17) is 24.4 Å². The Balaban J connectivity index is 3.34. The molecule has 0 fully saturated rings. The molecule has 2 nitrogen and oxygen atoms in total. The van der Waals surface area contributed by atoms with Crippen molar-refractivity contribution in [2.45, 2.75) is 90.9 Å². The molecule has 0 heterocycles. The molecule has 0 atom stereocenters. The summed E-state index contributed by atoms with van der Waals surface area (Å²) >= 11 is 10.7. The lowest BCUT2D eigenvalue weighted by atomic mass is 10.1. The molecule has 0 unspecified atom stereocenters. The fraction of sp³-hybridized carbons (Fsp3) is 0.889. The maximum absolute atomic E-state index is 5.33. The highest BCUT2D eigenvalue weighted by molar-refractivity contribution is 8.89. The van der Waals surface area contributed by atoms with E-state index >= 15 is 0 Å². The van der Waals surface area contributed by atoms with Crippen LogP contribution < -0.4 is 10.6 Å². The zero-order chi connectivity index (χ0) is 17.9. The number of unbranched alkanes of at least 4 members (excludes halogenated alkanes) is 10. The molecule has 0 aromatic rings. The van der Waals surface area contributed by atoms with Crippen LogP contribution in [-0.4, -0.2) is 21.7 Å². The Morgan fingerprint density at radius 3 is 1.29 bits per heavy atom. The van der Waals surface area contributed by atoms with Crippen molar-refractivity contribution in [2.75, 3.05) is 13.1 Å². The summed E-state index contributed by atoms with van der Waals surface area (Å²) in [4.78, 5) is 0. The van der Waals surface area contributed by atoms with Gasteiger partial charge in [0.25, 0.3) is 0 Å². The Bertz CT molecular complexity index is 281. The minimum atomic E-state index is 0.845. The second-order valence-electron chi connectivity index (χ2n) is 6.13. The maximum atomic E-state index is 5.33. The van der Waals surface area contributed by atoms with Crippen molar-refractivity contribution in [3.63, 3.8) is 0 Å². The lowest BCUT2D eigenvalue weighted by Gasteiger charge is -2.09. The molecule has 0 rings (SSSR count). The molecule has 0 aromatic heterocycles. The monoisotopic (exact) mass is 408 g/mol. The summed E-state index contributed by atoms with van der Waals surface area (Å²) in [7, 11) is 3.13. The summed E-state index contributed by atoms with van der Waals surface area (Å²) in [6.07, 6.45) is 15.8. The standard InChI is InChI=1S/C18H36N2S4/c1-3-5-7-9-11-13-15-19-17(21)23-24-18(22)20-16-14-12-10-8-6-4-2/h3-16H2,1-2H3,(H,19,21)(H,20,22). The van der Waals surface area contributed by atoms with E-state index < -0.39 is 0 Å². The van der Waals surface area contributed by atoms with Crippen LogP contribution in [0.5, 0.6) is 0 Å². The molecule has 0 aliphatic carbocycles. The van der Waals surface area contributed by atoms with Gasteiger partial charge in [0.05, 0.1) is 0 Å². The number of nitrogens with one attached hydrogen (secondary N) is 2. The second kappa shape index (κ2) is 19.8. The highest BCUT2D eigenvalue weighted by Crippen LogP contribution is 2.23. The van der Waals surface area contributed by atoms with E-state index in [1.165, 1.54) is 77.0 Å². The van der Waals surface area contributed by atoms with Crippen LogP contribution in [0.25, 0.3) is 0 Å². The van der Waals surface area contributed by atoms with Crippen molar-refractivity contribution < 1.29 is 0 Å². The van der Waals surface area contributed by atoms with E-state index in [0.717, 1.165) is 21.7 Å².